The maximum Gasteiger partial charge on any atom is 0.416 e. The minimum absolute atomic E-state index is 0.140. The zero-order valence-corrected chi connectivity index (χ0v) is 19.5. The van der Waals surface area contributed by atoms with Crippen molar-refractivity contribution in [2.24, 2.45) is 0 Å². The number of carbonyl (C=O) groups is 1. The molecule has 0 aliphatic rings. The van der Waals surface area contributed by atoms with Gasteiger partial charge in [-0.15, -0.1) is 0 Å². The molecule has 1 N–H and O–H groups in total. The number of amides is 1. The van der Waals surface area contributed by atoms with Gasteiger partial charge < -0.3 is 5.32 Å². The van der Waals surface area contributed by atoms with E-state index in [-0.39, 0.29) is 17.1 Å². The standard InChI is InChI=1S/C24H22ClF3N2O3S/c25-22-14-5-4-8-18(22)9-7-15-29-23(31)17-30(34(32,33)21-12-2-1-3-13-21)20-11-6-10-19(16-20)24(26,27)28/h1-6,8,10-14,16H,7,9,15,17H2,(H,29,31). The van der Waals surface area contributed by atoms with Crippen molar-refractivity contribution in [2.45, 2.75) is 23.9 Å². The Kier molecular flexibility index (Phi) is 8.22. The normalized spacial score (nSPS) is 11.8. The molecule has 0 saturated carbocycles. The molecule has 0 aromatic heterocycles. The number of sulfonamides is 1. The van der Waals surface area contributed by atoms with Crippen LogP contribution in [0, 0.1) is 0 Å². The van der Waals surface area contributed by atoms with E-state index < -0.39 is 34.2 Å². The lowest BCUT2D eigenvalue weighted by atomic mass is 10.1. The van der Waals surface area contributed by atoms with Crippen LogP contribution in [-0.2, 0) is 27.4 Å². The van der Waals surface area contributed by atoms with Crippen LogP contribution in [0.2, 0.25) is 5.02 Å². The number of halogens is 4. The van der Waals surface area contributed by atoms with Gasteiger partial charge in [0.15, 0.2) is 0 Å². The zero-order chi connectivity index (χ0) is 24.8. The lowest BCUT2D eigenvalue weighted by Gasteiger charge is -2.25. The molecule has 0 spiro atoms. The van der Waals surface area contributed by atoms with Crippen molar-refractivity contribution in [3.63, 3.8) is 0 Å². The summed E-state index contributed by atoms with van der Waals surface area (Å²) in [7, 11) is -4.30. The number of carbonyl (C=O) groups excluding carboxylic acids is 1. The summed E-state index contributed by atoms with van der Waals surface area (Å²) in [5.41, 5.74) is -0.362. The molecule has 0 atom stereocenters. The summed E-state index contributed by atoms with van der Waals surface area (Å²) in [6.07, 6.45) is -3.52. The molecular weight excluding hydrogens is 489 g/mol. The molecular formula is C24H22ClF3N2O3S. The summed E-state index contributed by atoms with van der Waals surface area (Å²) in [4.78, 5) is 12.5. The summed E-state index contributed by atoms with van der Waals surface area (Å²) in [6.45, 7) is -0.434. The molecule has 3 aromatic rings. The molecule has 1 amide bonds. The molecule has 0 fully saturated rings. The van der Waals surface area contributed by atoms with E-state index in [4.69, 9.17) is 11.6 Å². The van der Waals surface area contributed by atoms with Crippen LogP contribution < -0.4 is 9.62 Å². The Hall–Kier alpha value is -3.04. The number of alkyl halides is 3. The predicted octanol–water partition coefficient (Wildman–Crippen LogP) is 5.30. The van der Waals surface area contributed by atoms with Crippen LogP contribution in [0.15, 0.2) is 83.8 Å². The van der Waals surface area contributed by atoms with E-state index in [1.54, 1.807) is 12.1 Å². The van der Waals surface area contributed by atoms with E-state index in [1.165, 1.54) is 30.3 Å². The van der Waals surface area contributed by atoms with Crippen molar-refractivity contribution in [1.82, 2.24) is 5.32 Å². The first-order valence-corrected chi connectivity index (χ1v) is 12.2. The summed E-state index contributed by atoms with van der Waals surface area (Å²) < 4.78 is 66.8. The van der Waals surface area contributed by atoms with Gasteiger partial charge in [-0.2, -0.15) is 13.2 Å². The third-order valence-electron chi connectivity index (χ3n) is 4.98. The Labute approximate surface area is 201 Å². The number of nitrogens with one attached hydrogen (secondary N) is 1. The molecule has 180 valence electrons. The van der Waals surface area contributed by atoms with Gasteiger partial charge >= 0.3 is 6.18 Å². The van der Waals surface area contributed by atoms with Crippen molar-refractivity contribution in [3.05, 3.63) is 95.0 Å². The molecule has 0 unspecified atom stereocenters. The van der Waals surface area contributed by atoms with Crippen LogP contribution in [0.25, 0.3) is 0 Å². The monoisotopic (exact) mass is 510 g/mol. The first-order valence-electron chi connectivity index (χ1n) is 10.3. The second-order valence-electron chi connectivity index (χ2n) is 7.42. The molecule has 0 heterocycles. The van der Waals surface area contributed by atoms with Crippen molar-refractivity contribution in [1.29, 1.82) is 0 Å². The molecule has 0 aliphatic heterocycles. The minimum Gasteiger partial charge on any atom is -0.355 e. The van der Waals surface area contributed by atoms with Gasteiger partial charge in [0, 0.05) is 11.6 Å². The number of anilines is 1. The van der Waals surface area contributed by atoms with Gasteiger partial charge in [-0.3, -0.25) is 9.10 Å². The van der Waals surface area contributed by atoms with Gasteiger partial charge in [-0.25, -0.2) is 8.42 Å². The minimum atomic E-state index is -4.67. The van der Waals surface area contributed by atoms with Gasteiger partial charge in [0.25, 0.3) is 10.0 Å². The quantitative estimate of drug-likeness (QED) is 0.397. The van der Waals surface area contributed by atoms with Crippen LogP contribution in [-0.4, -0.2) is 27.4 Å². The summed E-state index contributed by atoms with van der Waals surface area (Å²) in [5.74, 6) is -0.643. The fourth-order valence-electron chi connectivity index (χ4n) is 3.27. The Morgan fingerprint density at radius 1 is 0.941 bits per heavy atom. The van der Waals surface area contributed by atoms with Crippen LogP contribution in [0.5, 0.6) is 0 Å². The fraction of sp³-hybridized carbons (Fsp3) is 0.208. The molecule has 3 aromatic carbocycles. The van der Waals surface area contributed by atoms with E-state index in [0.29, 0.717) is 28.2 Å². The number of rotatable bonds is 9. The summed E-state index contributed by atoms with van der Waals surface area (Å²) in [5, 5.41) is 3.24. The average molecular weight is 511 g/mol. The first kappa shape index (κ1) is 25.6. The van der Waals surface area contributed by atoms with Gasteiger partial charge in [-0.05, 0) is 54.8 Å². The number of hydrogen-bond donors (Lipinski definition) is 1. The Balaban J connectivity index is 1.78. The van der Waals surface area contributed by atoms with E-state index >= 15 is 0 Å². The van der Waals surface area contributed by atoms with Crippen LogP contribution in [0.4, 0.5) is 18.9 Å². The molecule has 10 heteroatoms. The Morgan fingerprint density at radius 2 is 1.62 bits per heavy atom. The predicted molar refractivity (Wildman–Crippen MR) is 125 cm³/mol. The van der Waals surface area contributed by atoms with Crippen molar-refractivity contribution in [3.8, 4) is 0 Å². The summed E-state index contributed by atoms with van der Waals surface area (Å²) in [6, 6.07) is 18.4. The number of nitrogens with zero attached hydrogens (tertiary/aromatic N) is 1. The van der Waals surface area contributed by atoms with Gasteiger partial charge in [0.2, 0.25) is 5.91 Å². The maximum atomic E-state index is 13.2. The molecule has 5 nitrogen and oxygen atoms in total. The van der Waals surface area contributed by atoms with Gasteiger partial charge in [0.1, 0.15) is 6.54 Å². The molecule has 0 bridgehead atoms. The highest BCUT2D eigenvalue weighted by Crippen LogP contribution is 2.33. The first-order chi connectivity index (χ1) is 16.1. The Bertz CT molecular complexity index is 1240. The molecule has 0 radical (unpaired) electrons. The second kappa shape index (κ2) is 10.9. The van der Waals surface area contributed by atoms with Crippen LogP contribution >= 0.6 is 11.6 Å². The van der Waals surface area contributed by atoms with Crippen molar-refractivity contribution in [2.75, 3.05) is 17.4 Å². The van der Waals surface area contributed by atoms with E-state index in [9.17, 15) is 26.4 Å². The van der Waals surface area contributed by atoms with Gasteiger partial charge in [0.05, 0.1) is 16.1 Å². The smallest absolute Gasteiger partial charge is 0.355 e. The average Bonchev–Trinajstić information content (AvgIpc) is 2.81. The van der Waals surface area contributed by atoms with Gasteiger partial charge in [-0.1, -0.05) is 54.1 Å². The van der Waals surface area contributed by atoms with E-state index in [1.807, 2.05) is 18.2 Å². The lowest BCUT2D eigenvalue weighted by molar-refractivity contribution is -0.137. The highest BCUT2D eigenvalue weighted by atomic mass is 35.5. The van der Waals surface area contributed by atoms with E-state index in [0.717, 1.165) is 17.7 Å². The van der Waals surface area contributed by atoms with Crippen molar-refractivity contribution < 1.29 is 26.4 Å². The third-order valence-corrected chi connectivity index (χ3v) is 7.14. The largest absolute Gasteiger partial charge is 0.416 e. The van der Waals surface area contributed by atoms with Crippen LogP contribution in [0.1, 0.15) is 17.5 Å². The Morgan fingerprint density at radius 3 is 2.29 bits per heavy atom. The third kappa shape index (κ3) is 6.51. The summed E-state index contributed by atoms with van der Waals surface area (Å²) >= 11 is 6.11. The topological polar surface area (TPSA) is 66.5 Å². The molecule has 0 aliphatic carbocycles. The number of aryl methyl sites for hydroxylation is 1. The number of hydrogen-bond acceptors (Lipinski definition) is 3. The SMILES string of the molecule is O=C(CN(c1cccc(C(F)(F)F)c1)S(=O)(=O)c1ccccc1)NCCCc1ccccc1Cl. The molecule has 34 heavy (non-hydrogen) atoms. The van der Waals surface area contributed by atoms with Crippen molar-refractivity contribution >= 4 is 33.2 Å². The van der Waals surface area contributed by atoms with Crippen LogP contribution in [0.3, 0.4) is 0 Å². The highest BCUT2D eigenvalue weighted by molar-refractivity contribution is 7.92. The molecule has 0 saturated heterocycles. The second-order valence-corrected chi connectivity index (χ2v) is 9.69. The highest BCUT2D eigenvalue weighted by Gasteiger charge is 2.33. The fourth-order valence-corrected chi connectivity index (χ4v) is 4.93. The maximum absolute atomic E-state index is 13.2. The molecule has 3 rings (SSSR count). The zero-order valence-electron chi connectivity index (χ0n) is 17.9. The van der Waals surface area contributed by atoms with E-state index in [2.05, 4.69) is 5.32 Å². The number of benzene rings is 3. The lowest BCUT2D eigenvalue weighted by Crippen LogP contribution is -2.41.